The zero-order valence-corrected chi connectivity index (χ0v) is 20.0. The van der Waals surface area contributed by atoms with Gasteiger partial charge in [0.2, 0.25) is 0 Å². The molecule has 6 heteroatoms. The zero-order valence-electron chi connectivity index (χ0n) is 19.0. The molecule has 1 unspecified atom stereocenters. The SMILES string of the molecule is CCCCCCCCCC(C)n1ccnc1CC[Si](OCC)(OCC)OCC. The highest BCUT2D eigenvalue weighted by Gasteiger charge is 2.40. The molecule has 0 spiro atoms. The van der Waals surface area contributed by atoms with Crippen LogP contribution in [0.3, 0.4) is 0 Å². The van der Waals surface area contributed by atoms with Gasteiger partial charge in [-0.1, -0.05) is 51.9 Å². The second-order valence-corrected chi connectivity index (χ2v) is 10.2. The van der Waals surface area contributed by atoms with E-state index in [-0.39, 0.29) is 0 Å². The van der Waals surface area contributed by atoms with Crippen LogP contribution in [-0.4, -0.2) is 38.2 Å². The van der Waals surface area contributed by atoms with Crippen molar-refractivity contribution in [2.75, 3.05) is 19.8 Å². The quantitative estimate of drug-likeness (QED) is 0.213. The molecule has 0 aromatic carbocycles. The van der Waals surface area contributed by atoms with Crippen molar-refractivity contribution in [3.63, 3.8) is 0 Å². The van der Waals surface area contributed by atoms with Gasteiger partial charge in [0.05, 0.1) is 0 Å². The molecule has 5 nitrogen and oxygen atoms in total. The summed E-state index contributed by atoms with van der Waals surface area (Å²) in [5, 5.41) is 0. The predicted molar refractivity (Wildman–Crippen MR) is 119 cm³/mol. The molecule has 1 rings (SSSR count). The lowest BCUT2D eigenvalue weighted by atomic mass is 10.1. The summed E-state index contributed by atoms with van der Waals surface area (Å²) in [5.74, 6) is 1.12. The van der Waals surface area contributed by atoms with Crippen molar-refractivity contribution in [3.8, 4) is 0 Å². The zero-order chi connectivity index (χ0) is 20.7. The van der Waals surface area contributed by atoms with Crippen LogP contribution in [0, 0.1) is 0 Å². The van der Waals surface area contributed by atoms with Gasteiger partial charge in [0.25, 0.3) is 0 Å². The highest BCUT2D eigenvalue weighted by Crippen LogP contribution is 2.22. The van der Waals surface area contributed by atoms with Gasteiger partial charge >= 0.3 is 8.80 Å². The fourth-order valence-electron chi connectivity index (χ4n) is 3.74. The van der Waals surface area contributed by atoms with Crippen LogP contribution >= 0.6 is 0 Å². The molecule has 0 bridgehead atoms. The summed E-state index contributed by atoms with van der Waals surface area (Å²) in [6.45, 7) is 12.5. The average molecular weight is 413 g/mol. The van der Waals surface area contributed by atoms with Crippen molar-refractivity contribution < 1.29 is 13.3 Å². The van der Waals surface area contributed by atoms with Gasteiger partial charge in [0.1, 0.15) is 5.82 Å². The highest BCUT2D eigenvalue weighted by molar-refractivity contribution is 6.60. The molecular formula is C22H44N2O3Si. The Hall–Kier alpha value is -0.693. The molecular weight excluding hydrogens is 368 g/mol. The number of nitrogens with zero attached hydrogens (tertiary/aromatic N) is 2. The molecule has 1 heterocycles. The molecule has 0 aliphatic heterocycles. The van der Waals surface area contributed by atoms with Crippen molar-refractivity contribution in [1.29, 1.82) is 0 Å². The summed E-state index contributed by atoms with van der Waals surface area (Å²) in [4.78, 5) is 4.62. The molecule has 1 aromatic rings. The number of hydrogen-bond donors (Lipinski definition) is 0. The Balaban J connectivity index is 2.52. The first-order chi connectivity index (χ1) is 13.6. The van der Waals surface area contributed by atoms with E-state index in [1.165, 1.54) is 51.4 Å². The lowest BCUT2D eigenvalue weighted by Gasteiger charge is -2.28. The largest absolute Gasteiger partial charge is 0.501 e. The monoisotopic (exact) mass is 412 g/mol. The van der Waals surface area contributed by atoms with Crippen LogP contribution in [0.4, 0.5) is 0 Å². The molecule has 28 heavy (non-hydrogen) atoms. The van der Waals surface area contributed by atoms with Gasteiger partial charge in [-0.3, -0.25) is 0 Å². The topological polar surface area (TPSA) is 45.5 Å². The third kappa shape index (κ3) is 9.20. The fourth-order valence-corrected chi connectivity index (χ4v) is 6.27. The Kier molecular flexibility index (Phi) is 13.7. The molecule has 0 amide bonds. The number of aromatic nitrogens is 2. The molecule has 0 fully saturated rings. The molecule has 0 saturated heterocycles. The van der Waals surface area contributed by atoms with Gasteiger partial charge in [0.15, 0.2) is 0 Å². The summed E-state index contributed by atoms with van der Waals surface area (Å²) in [6, 6.07) is 1.26. The van der Waals surface area contributed by atoms with E-state index in [0.29, 0.717) is 25.9 Å². The Labute approximate surface area is 174 Å². The van der Waals surface area contributed by atoms with E-state index in [1.54, 1.807) is 0 Å². The van der Waals surface area contributed by atoms with Gasteiger partial charge in [-0.2, -0.15) is 0 Å². The van der Waals surface area contributed by atoms with Crippen LogP contribution in [0.15, 0.2) is 12.4 Å². The van der Waals surface area contributed by atoms with Crippen LogP contribution in [0.25, 0.3) is 0 Å². The number of hydrogen-bond acceptors (Lipinski definition) is 4. The van der Waals surface area contributed by atoms with E-state index in [1.807, 2.05) is 27.0 Å². The average Bonchev–Trinajstić information content (AvgIpc) is 3.15. The number of imidazole rings is 1. The Morgan fingerprint density at radius 1 is 0.893 bits per heavy atom. The van der Waals surface area contributed by atoms with Crippen molar-refractivity contribution in [2.24, 2.45) is 0 Å². The fraction of sp³-hybridized carbons (Fsp3) is 0.864. The second kappa shape index (κ2) is 15.2. The molecule has 1 aromatic heterocycles. The van der Waals surface area contributed by atoms with Gasteiger partial charge < -0.3 is 17.8 Å². The van der Waals surface area contributed by atoms with Gasteiger partial charge in [-0.25, -0.2) is 4.98 Å². The second-order valence-electron chi connectivity index (χ2n) is 7.49. The predicted octanol–water partition coefficient (Wildman–Crippen LogP) is 6.18. The lowest BCUT2D eigenvalue weighted by molar-refractivity contribution is 0.0712. The van der Waals surface area contributed by atoms with E-state index >= 15 is 0 Å². The minimum Gasteiger partial charge on any atom is -0.374 e. The first-order valence-corrected chi connectivity index (χ1v) is 13.5. The Morgan fingerprint density at radius 2 is 1.46 bits per heavy atom. The molecule has 0 N–H and O–H groups in total. The van der Waals surface area contributed by atoms with Crippen LogP contribution in [-0.2, 0) is 19.7 Å². The standard InChI is InChI=1S/C22H44N2O3Si/c1-6-10-11-12-13-14-15-16-21(5)24-19-18-23-22(24)17-20-28(25-7-2,26-8-3)27-9-4/h18-19,21H,6-17,20H2,1-5H3. The van der Waals surface area contributed by atoms with Gasteiger partial charge in [0, 0.05) is 50.7 Å². The van der Waals surface area contributed by atoms with E-state index in [0.717, 1.165) is 18.3 Å². The minimum absolute atomic E-state index is 0.482. The first kappa shape index (κ1) is 25.3. The summed E-state index contributed by atoms with van der Waals surface area (Å²) >= 11 is 0. The van der Waals surface area contributed by atoms with Crippen molar-refractivity contribution in [2.45, 2.75) is 104 Å². The molecule has 0 aliphatic carbocycles. The first-order valence-electron chi connectivity index (χ1n) is 11.6. The third-order valence-electron chi connectivity index (χ3n) is 5.20. The maximum absolute atomic E-state index is 5.99. The minimum atomic E-state index is -2.61. The molecule has 0 aliphatic rings. The maximum atomic E-state index is 5.99. The lowest BCUT2D eigenvalue weighted by Crippen LogP contribution is -2.46. The van der Waals surface area contributed by atoms with Gasteiger partial charge in [-0.05, 0) is 34.1 Å². The number of unbranched alkanes of at least 4 members (excludes halogenated alkanes) is 6. The van der Waals surface area contributed by atoms with Crippen molar-refractivity contribution >= 4 is 8.80 Å². The molecule has 164 valence electrons. The summed E-state index contributed by atoms with van der Waals surface area (Å²) in [7, 11) is -2.61. The summed E-state index contributed by atoms with van der Waals surface area (Å²) < 4.78 is 20.3. The van der Waals surface area contributed by atoms with Gasteiger partial charge in [-0.15, -0.1) is 0 Å². The maximum Gasteiger partial charge on any atom is 0.501 e. The normalized spacial score (nSPS) is 13.2. The van der Waals surface area contributed by atoms with Crippen LogP contribution in [0.5, 0.6) is 0 Å². The third-order valence-corrected chi connectivity index (χ3v) is 8.24. The van der Waals surface area contributed by atoms with E-state index in [2.05, 4.69) is 29.6 Å². The van der Waals surface area contributed by atoms with Crippen LogP contribution in [0.2, 0.25) is 6.04 Å². The van der Waals surface area contributed by atoms with E-state index in [4.69, 9.17) is 13.3 Å². The molecule has 0 radical (unpaired) electrons. The molecule has 1 atom stereocenters. The molecule has 0 saturated carbocycles. The van der Waals surface area contributed by atoms with Crippen molar-refractivity contribution in [1.82, 2.24) is 9.55 Å². The smallest absolute Gasteiger partial charge is 0.374 e. The number of aryl methyl sites for hydroxylation is 1. The van der Waals surface area contributed by atoms with Crippen molar-refractivity contribution in [3.05, 3.63) is 18.2 Å². The summed E-state index contributed by atoms with van der Waals surface area (Å²) in [6.07, 6.45) is 15.6. The van der Waals surface area contributed by atoms with E-state index in [9.17, 15) is 0 Å². The Morgan fingerprint density at radius 3 is 2.04 bits per heavy atom. The number of rotatable bonds is 18. The van der Waals surface area contributed by atoms with Crippen LogP contribution in [0.1, 0.15) is 97.9 Å². The summed E-state index contributed by atoms with van der Waals surface area (Å²) in [5.41, 5.74) is 0. The highest BCUT2D eigenvalue weighted by atomic mass is 28.4. The Bertz CT molecular complexity index is 479. The van der Waals surface area contributed by atoms with E-state index < -0.39 is 8.80 Å². The van der Waals surface area contributed by atoms with Crippen LogP contribution < -0.4 is 0 Å².